The summed E-state index contributed by atoms with van der Waals surface area (Å²) in [6, 6.07) is 13.8. The molecule has 3 heteroatoms. The highest BCUT2D eigenvalue weighted by Gasteiger charge is 2.13. The summed E-state index contributed by atoms with van der Waals surface area (Å²) in [6.45, 7) is 3.95. The lowest BCUT2D eigenvalue weighted by Crippen LogP contribution is -2.22. The SMILES string of the molecule is CC(N[C@@H](C)c1cccc(F)c1)c1ccccc1O. The second-order valence-corrected chi connectivity index (χ2v) is 4.72. The van der Waals surface area contributed by atoms with Crippen LogP contribution in [-0.4, -0.2) is 5.11 Å². The molecule has 0 radical (unpaired) electrons. The van der Waals surface area contributed by atoms with Gasteiger partial charge in [-0.05, 0) is 37.6 Å². The summed E-state index contributed by atoms with van der Waals surface area (Å²) in [6.07, 6.45) is 0. The topological polar surface area (TPSA) is 32.3 Å². The molecule has 2 aromatic rings. The molecule has 0 aliphatic rings. The van der Waals surface area contributed by atoms with Gasteiger partial charge in [-0.3, -0.25) is 0 Å². The highest BCUT2D eigenvalue weighted by atomic mass is 19.1. The largest absolute Gasteiger partial charge is 0.508 e. The molecule has 0 saturated heterocycles. The molecule has 2 aromatic carbocycles. The van der Waals surface area contributed by atoms with E-state index in [1.807, 2.05) is 32.0 Å². The fraction of sp³-hybridized carbons (Fsp3) is 0.250. The molecule has 2 rings (SSSR count). The van der Waals surface area contributed by atoms with Crippen molar-refractivity contribution in [3.05, 3.63) is 65.5 Å². The van der Waals surface area contributed by atoms with E-state index in [2.05, 4.69) is 5.32 Å². The van der Waals surface area contributed by atoms with E-state index < -0.39 is 0 Å². The first kappa shape index (κ1) is 13.6. The maximum Gasteiger partial charge on any atom is 0.123 e. The highest BCUT2D eigenvalue weighted by molar-refractivity contribution is 5.34. The van der Waals surface area contributed by atoms with Crippen LogP contribution in [0.25, 0.3) is 0 Å². The zero-order valence-corrected chi connectivity index (χ0v) is 11.1. The Kier molecular flexibility index (Phi) is 4.17. The normalized spacial score (nSPS) is 14.1. The number of aromatic hydroxyl groups is 1. The molecule has 19 heavy (non-hydrogen) atoms. The smallest absolute Gasteiger partial charge is 0.123 e. The van der Waals surface area contributed by atoms with Crippen LogP contribution in [0.5, 0.6) is 5.75 Å². The summed E-state index contributed by atoms with van der Waals surface area (Å²) in [5.41, 5.74) is 1.73. The van der Waals surface area contributed by atoms with Gasteiger partial charge in [0.1, 0.15) is 11.6 Å². The summed E-state index contributed by atoms with van der Waals surface area (Å²) < 4.78 is 13.2. The van der Waals surface area contributed by atoms with Crippen molar-refractivity contribution < 1.29 is 9.50 Å². The van der Waals surface area contributed by atoms with Crippen LogP contribution in [0.4, 0.5) is 4.39 Å². The minimum absolute atomic E-state index is 0.00491. The Morgan fingerprint density at radius 3 is 2.42 bits per heavy atom. The highest BCUT2D eigenvalue weighted by Crippen LogP contribution is 2.26. The van der Waals surface area contributed by atoms with E-state index in [0.29, 0.717) is 0 Å². The van der Waals surface area contributed by atoms with E-state index >= 15 is 0 Å². The number of nitrogens with one attached hydrogen (secondary N) is 1. The zero-order valence-electron chi connectivity index (χ0n) is 11.1. The number of para-hydroxylation sites is 1. The maximum atomic E-state index is 13.2. The second-order valence-electron chi connectivity index (χ2n) is 4.72. The number of hydrogen-bond acceptors (Lipinski definition) is 2. The van der Waals surface area contributed by atoms with Gasteiger partial charge >= 0.3 is 0 Å². The van der Waals surface area contributed by atoms with Crippen molar-refractivity contribution in [2.24, 2.45) is 0 Å². The van der Waals surface area contributed by atoms with Gasteiger partial charge in [-0.25, -0.2) is 4.39 Å². The van der Waals surface area contributed by atoms with Crippen LogP contribution in [0.3, 0.4) is 0 Å². The molecule has 0 heterocycles. The van der Waals surface area contributed by atoms with Gasteiger partial charge in [-0.1, -0.05) is 30.3 Å². The fourth-order valence-corrected chi connectivity index (χ4v) is 2.19. The number of benzene rings is 2. The molecule has 0 saturated carbocycles. The second kappa shape index (κ2) is 5.85. The van der Waals surface area contributed by atoms with Gasteiger partial charge in [0.15, 0.2) is 0 Å². The molecular formula is C16H18FNO. The summed E-state index contributed by atoms with van der Waals surface area (Å²) in [7, 11) is 0. The minimum Gasteiger partial charge on any atom is -0.508 e. The van der Waals surface area contributed by atoms with Crippen molar-refractivity contribution in [3.8, 4) is 5.75 Å². The van der Waals surface area contributed by atoms with Gasteiger partial charge < -0.3 is 10.4 Å². The van der Waals surface area contributed by atoms with Crippen molar-refractivity contribution in [1.82, 2.24) is 5.32 Å². The Balaban J connectivity index is 2.11. The lowest BCUT2D eigenvalue weighted by molar-refractivity contribution is 0.438. The summed E-state index contributed by atoms with van der Waals surface area (Å²) in [5, 5.41) is 13.2. The van der Waals surface area contributed by atoms with E-state index in [0.717, 1.165) is 11.1 Å². The molecule has 0 amide bonds. The van der Waals surface area contributed by atoms with E-state index in [4.69, 9.17) is 0 Å². The molecule has 0 fully saturated rings. The van der Waals surface area contributed by atoms with E-state index in [9.17, 15) is 9.50 Å². The third kappa shape index (κ3) is 3.32. The monoisotopic (exact) mass is 259 g/mol. The average molecular weight is 259 g/mol. The molecule has 0 aromatic heterocycles. The fourth-order valence-electron chi connectivity index (χ4n) is 2.19. The molecule has 0 aliphatic heterocycles. The van der Waals surface area contributed by atoms with E-state index in [1.54, 1.807) is 18.2 Å². The van der Waals surface area contributed by atoms with Crippen molar-refractivity contribution in [3.63, 3.8) is 0 Å². The number of phenols is 1. The first-order valence-electron chi connectivity index (χ1n) is 6.37. The Morgan fingerprint density at radius 1 is 1.00 bits per heavy atom. The van der Waals surface area contributed by atoms with Crippen molar-refractivity contribution in [2.45, 2.75) is 25.9 Å². The molecule has 2 atom stereocenters. The van der Waals surface area contributed by atoms with Crippen LogP contribution in [0.1, 0.15) is 37.1 Å². The minimum atomic E-state index is -0.235. The van der Waals surface area contributed by atoms with Gasteiger partial charge in [0.25, 0.3) is 0 Å². The van der Waals surface area contributed by atoms with Gasteiger partial charge in [0.05, 0.1) is 0 Å². The number of phenolic OH excluding ortho intramolecular Hbond substituents is 1. The molecular weight excluding hydrogens is 241 g/mol. The van der Waals surface area contributed by atoms with Crippen LogP contribution < -0.4 is 5.32 Å². The van der Waals surface area contributed by atoms with Gasteiger partial charge in [-0.2, -0.15) is 0 Å². The number of hydrogen-bond donors (Lipinski definition) is 2. The Bertz CT molecular complexity index is 556. The number of rotatable bonds is 4. The summed E-state index contributed by atoms with van der Waals surface area (Å²) >= 11 is 0. The zero-order chi connectivity index (χ0) is 13.8. The first-order chi connectivity index (χ1) is 9.08. The lowest BCUT2D eigenvalue weighted by Gasteiger charge is -2.21. The quantitative estimate of drug-likeness (QED) is 0.871. The third-order valence-corrected chi connectivity index (χ3v) is 3.25. The molecule has 0 bridgehead atoms. The standard InChI is InChI=1S/C16H18FNO/c1-11(13-6-5-7-14(17)10-13)18-12(2)15-8-3-4-9-16(15)19/h3-12,18-19H,1-2H3/t11-,12?/m0/s1. The van der Waals surface area contributed by atoms with E-state index in [1.165, 1.54) is 12.1 Å². The molecule has 1 unspecified atom stereocenters. The van der Waals surface area contributed by atoms with Gasteiger partial charge in [0, 0.05) is 17.6 Å². The Hall–Kier alpha value is -1.87. The summed E-state index contributed by atoms with van der Waals surface area (Å²) in [5.74, 6) is 0.0373. The molecule has 2 N–H and O–H groups in total. The van der Waals surface area contributed by atoms with E-state index in [-0.39, 0.29) is 23.7 Å². The molecule has 2 nitrogen and oxygen atoms in total. The summed E-state index contributed by atoms with van der Waals surface area (Å²) in [4.78, 5) is 0. The average Bonchev–Trinajstić information content (AvgIpc) is 2.39. The Morgan fingerprint density at radius 2 is 1.74 bits per heavy atom. The van der Waals surface area contributed by atoms with Gasteiger partial charge in [0.2, 0.25) is 0 Å². The molecule has 100 valence electrons. The van der Waals surface area contributed by atoms with Crippen LogP contribution in [0, 0.1) is 5.82 Å². The number of halogens is 1. The van der Waals surface area contributed by atoms with Crippen LogP contribution >= 0.6 is 0 Å². The van der Waals surface area contributed by atoms with Crippen LogP contribution in [-0.2, 0) is 0 Å². The van der Waals surface area contributed by atoms with Crippen molar-refractivity contribution >= 4 is 0 Å². The van der Waals surface area contributed by atoms with Gasteiger partial charge in [-0.15, -0.1) is 0 Å². The first-order valence-corrected chi connectivity index (χ1v) is 6.37. The van der Waals surface area contributed by atoms with Crippen molar-refractivity contribution in [2.75, 3.05) is 0 Å². The predicted molar refractivity (Wildman–Crippen MR) is 74.5 cm³/mol. The van der Waals surface area contributed by atoms with Crippen molar-refractivity contribution in [1.29, 1.82) is 0 Å². The molecule has 0 aliphatic carbocycles. The maximum absolute atomic E-state index is 13.2. The predicted octanol–water partition coefficient (Wildman–Crippen LogP) is 3.94. The third-order valence-electron chi connectivity index (χ3n) is 3.25. The lowest BCUT2D eigenvalue weighted by atomic mass is 10.0. The Labute approximate surface area is 112 Å². The van der Waals surface area contributed by atoms with Crippen LogP contribution in [0.15, 0.2) is 48.5 Å². The molecule has 0 spiro atoms. The van der Waals surface area contributed by atoms with Crippen LogP contribution in [0.2, 0.25) is 0 Å².